The third-order valence-electron chi connectivity index (χ3n) is 3.57. The molecule has 3 aromatic rings. The van der Waals surface area contributed by atoms with Crippen LogP contribution in [0.3, 0.4) is 0 Å². The van der Waals surface area contributed by atoms with Gasteiger partial charge in [-0.3, -0.25) is 4.79 Å². The van der Waals surface area contributed by atoms with Crippen molar-refractivity contribution in [2.75, 3.05) is 5.32 Å². The van der Waals surface area contributed by atoms with Crippen LogP contribution >= 0.6 is 32.2 Å². The van der Waals surface area contributed by atoms with Gasteiger partial charge < -0.3 is 10.4 Å². The molecule has 0 aliphatic carbocycles. The van der Waals surface area contributed by atoms with Crippen LogP contribution in [0.15, 0.2) is 53.9 Å². The van der Waals surface area contributed by atoms with Crippen LogP contribution in [0, 0.1) is 0 Å². The van der Waals surface area contributed by atoms with Crippen LogP contribution < -0.4 is 10.6 Å². The van der Waals surface area contributed by atoms with Crippen LogP contribution in [0.25, 0.3) is 11.1 Å². The van der Waals surface area contributed by atoms with Crippen LogP contribution in [-0.2, 0) is 0 Å². The molecular formula is C18H13ClNO3PS. The summed E-state index contributed by atoms with van der Waals surface area (Å²) in [5.74, 6) is -1.45. The van der Waals surface area contributed by atoms with E-state index in [9.17, 15) is 14.7 Å². The normalized spacial score (nSPS) is 10.5. The maximum Gasteiger partial charge on any atom is 0.339 e. The molecule has 2 aromatic carbocycles. The number of carboxylic acids is 1. The highest BCUT2D eigenvalue weighted by atomic mass is 35.5. The number of rotatable bonds is 4. The Labute approximate surface area is 155 Å². The summed E-state index contributed by atoms with van der Waals surface area (Å²) in [5, 5.41) is 15.7. The number of thiophene rings is 1. The molecule has 1 heterocycles. The second kappa shape index (κ2) is 7.36. The summed E-state index contributed by atoms with van der Waals surface area (Å²) in [5.41, 5.74) is 1.80. The summed E-state index contributed by atoms with van der Waals surface area (Å²) in [6.45, 7) is 0. The van der Waals surface area contributed by atoms with Crippen molar-refractivity contribution in [2.45, 2.75) is 0 Å². The zero-order valence-corrected chi connectivity index (χ0v) is 15.6. The van der Waals surface area contributed by atoms with Crippen molar-refractivity contribution in [1.29, 1.82) is 0 Å². The summed E-state index contributed by atoms with van der Waals surface area (Å²) in [6, 6.07) is 13.9. The molecular weight excluding hydrogens is 377 g/mol. The van der Waals surface area contributed by atoms with Crippen LogP contribution in [0.4, 0.5) is 5.00 Å². The van der Waals surface area contributed by atoms with E-state index in [4.69, 9.17) is 11.6 Å². The third-order valence-corrected chi connectivity index (χ3v) is 5.48. The largest absolute Gasteiger partial charge is 0.478 e. The minimum absolute atomic E-state index is 0.0704. The summed E-state index contributed by atoms with van der Waals surface area (Å²) in [6.07, 6.45) is 0. The number of benzene rings is 2. The lowest BCUT2D eigenvalue weighted by molar-refractivity contribution is 0.0699. The Morgan fingerprint density at radius 2 is 1.84 bits per heavy atom. The number of carbonyl (C=O) groups excluding carboxylic acids is 1. The first-order valence-electron chi connectivity index (χ1n) is 7.24. The lowest BCUT2D eigenvalue weighted by Gasteiger charge is -2.07. The molecule has 1 aromatic heterocycles. The van der Waals surface area contributed by atoms with Gasteiger partial charge in [0.1, 0.15) is 10.6 Å². The highest BCUT2D eigenvalue weighted by molar-refractivity contribution is 7.28. The van der Waals surface area contributed by atoms with Gasteiger partial charge in [-0.2, -0.15) is 0 Å². The van der Waals surface area contributed by atoms with Crippen molar-refractivity contribution in [3.05, 3.63) is 70.1 Å². The zero-order valence-electron chi connectivity index (χ0n) is 12.8. The first kappa shape index (κ1) is 17.6. The molecule has 0 fully saturated rings. The molecule has 0 saturated carbocycles. The first-order valence-corrected chi connectivity index (χ1v) is 9.07. The number of hydrogen-bond acceptors (Lipinski definition) is 3. The predicted molar refractivity (Wildman–Crippen MR) is 105 cm³/mol. The van der Waals surface area contributed by atoms with E-state index in [1.165, 1.54) is 11.3 Å². The topological polar surface area (TPSA) is 66.4 Å². The average Bonchev–Trinajstić information content (AvgIpc) is 3.02. The lowest BCUT2D eigenvalue weighted by atomic mass is 10.0. The Balaban J connectivity index is 1.99. The van der Waals surface area contributed by atoms with Crippen molar-refractivity contribution in [1.82, 2.24) is 0 Å². The maximum absolute atomic E-state index is 12.3. The smallest absolute Gasteiger partial charge is 0.339 e. The van der Waals surface area contributed by atoms with Gasteiger partial charge in [0.15, 0.2) is 0 Å². The van der Waals surface area contributed by atoms with E-state index < -0.39 is 5.97 Å². The molecule has 1 amide bonds. The second-order valence-electron chi connectivity index (χ2n) is 5.22. The molecule has 0 radical (unpaired) electrons. The molecule has 0 spiro atoms. The van der Waals surface area contributed by atoms with E-state index in [0.29, 0.717) is 21.2 Å². The third kappa shape index (κ3) is 3.74. The molecule has 126 valence electrons. The fourth-order valence-corrected chi connectivity index (χ4v) is 3.70. The van der Waals surface area contributed by atoms with Crippen LogP contribution in [0.1, 0.15) is 20.7 Å². The average molecular weight is 390 g/mol. The second-order valence-corrected chi connectivity index (χ2v) is 7.12. The van der Waals surface area contributed by atoms with Crippen LogP contribution in [0.5, 0.6) is 0 Å². The maximum atomic E-state index is 12.3. The van der Waals surface area contributed by atoms with Gasteiger partial charge in [0.05, 0.1) is 0 Å². The predicted octanol–water partition coefficient (Wildman–Crippen LogP) is 4.52. The number of hydrogen-bond donors (Lipinski definition) is 2. The highest BCUT2D eigenvalue weighted by Crippen LogP contribution is 2.36. The molecule has 3 rings (SSSR count). The quantitative estimate of drug-likeness (QED) is 0.645. The first-order chi connectivity index (χ1) is 12.0. The molecule has 2 N–H and O–H groups in total. The Morgan fingerprint density at radius 3 is 2.48 bits per heavy atom. The van der Waals surface area contributed by atoms with Gasteiger partial charge >= 0.3 is 5.97 Å². The molecule has 7 heteroatoms. The van der Waals surface area contributed by atoms with Gasteiger partial charge in [-0.25, -0.2) is 4.79 Å². The minimum Gasteiger partial charge on any atom is -0.478 e. The van der Waals surface area contributed by atoms with E-state index in [0.717, 1.165) is 10.9 Å². The number of aromatic carboxylic acids is 1. The van der Waals surface area contributed by atoms with Gasteiger partial charge in [-0.15, -0.1) is 20.6 Å². The van der Waals surface area contributed by atoms with E-state index in [1.54, 1.807) is 47.8 Å². The molecule has 1 atom stereocenters. The summed E-state index contributed by atoms with van der Waals surface area (Å²) in [7, 11) is 2.52. The number of nitrogens with one attached hydrogen (secondary N) is 1. The zero-order chi connectivity index (χ0) is 18.0. The van der Waals surface area contributed by atoms with E-state index >= 15 is 0 Å². The number of carbonyl (C=O) groups is 2. The molecule has 25 heavy (non-hydrogen) atoms. The minimum atomic E-state index is -1.10. The molecule has 0 aliphatic heterocycles. The van der Waals surface area contributed by atoms with Crippen LogP contribution in [0.2, 0.25) is 5.02 Å². The van der Waals surface area contributed by atoms with Gasteiger partial charge in [0, 0.05) is 21.5 Å². The van der Waals surface area contributed by atoms with Crippen molar-refractivity contribution in [2.24, 2.45) is 0 Å². The highest BCUT2D eigenvalue weighted by Gasteiger charge is 2.21. The Morgan fingerprint density at radius 1 is 1.12 bits per heavy atom. The number of halogens is 1. The summed E-state index contributed by atoms with van der Waals surface area (Å²) < 4.78 is 0. The molecule has 0 bridgehead atoms. The van der Waals surface area contributed by atoms with Crippen molar-refractivity contribution in [3.63, 3.8) is 0 Å². The van der Waals surface area contributed by atoms with E-state index in [-0.39, 0.29) is 11.5 Å². The fourth-order valence-electron chi connectivity index (χ4n) is 2.35. The SMILES string of the molecule is O=C(Nc1scc(-c2ccc(Cl)c(P)c2)c1C(=O)O)c1ccccc1. The number of carboxylic acid groups (broad SMARTS) is 1. The van der Waals surface area contributed by atoms with E-state index in [2.05, 4.69) is 14.6 Å². The Kier molecular flexibility index (Phi) is 5.19. The van der Waals surface area contributed by atoms with Crippen molar-refractivity contribution in [3.8, 4) is 11.1 Å². The van der Waals surface area contributed by atoms with Gasteiger partial charge in [0.25, 0.3) is 5.91 Å². The molecule has 0 aliphatic rings. The summed E-state index contributed by atoms with van der Waals surface area (Å²) in [4.78, 5) is 24.1. The van der Waals surface area contributed by atoms with Crippen molar-refractivity contribution >= 4 is 54.4 Å². The monoisotopic (exact) mass is 389 g/mol. The molecule has 4 nitrogen and oxygen atoms in total. The summed E-state index contributed by atoms with van der Waals surface area (Å²) >= 11 is 7.20. The Hall–Kier alpha value is -2.20. The molecule has 0 saturated heterocycles. The number of amides is 1. The fraction of sp³-hybridized carbons (Fsp3) is 0. The Bertz CT molecular complexity index is 956. The van der Waals surface area contributed by atoms with Gasteiger partial charge in [0.2, 0.25) is 0 Å². The number of anilines is 1. The van der Waals surface area contributed by atoms with Crippen molar-refractivity contribution < 1.29 is 14.7 Å². The lowest BCUT2D eigenvalue weighted by Crippen LogP contribution is -2.13. The standard InChI is InChI=1S/C18H13ClNO3PS/c19-13-7-6-11(8-14(13)24)12-9-25-17(15(12)18(22)23)20-16(21)10-4-2-1-3-5-10/h1-9H,24H2,(H,20,21)(H,22,23). The van der Waals surface area contributed by atoms with Gasteiger partial charge in [-0.05, 0) is 35.1 Å². The van der Waals surface area contributed by atoms with E-state index in [1.807, 2.05) is 6.07 Å². The van der Waals surface area contributed by atoms with Crippen LogP contribution in [-0.4, -0.2) is 17.0 Å². The molecule has 1 unspecified atom stereocenters. The van der Waals surface area contributed by atoms with Gasteiger partial charge in [-0.1, -0.05) is 35.9 Å².